The first kappa shape index (κ1) is 34.1. The van der Waals surface area contributed by atoms with Crippen LogP contribution in [0.3, 0.4) is 0 Å². The smallest absolute Gasteiger partial charge is 0.000696 e. The number of aryl methyl sites for hydroxylation is 2. The lowest BCUT2D eigenvalue weighted by Gasteiger charge is -2.16. The molecule has 0 spiro atoms. The molecule has 0 unspecified atom stereocenters. The molecule has 0 N–H and O–H groups in total. The molecule has 17 aromatic carbocycles. The molecule has 0 bridgehead atoms. The summed E-state index contributed by atoms with van der Waals surface area (Å²) in [7, 11) is 0. The van der Waals surface area contributed by atoms with Crippen LogP contribution >= 0.6 is 0 Å². The van der Waals surface area contributed by atoms with Crippen molar-refractivity contribution in [1.29, 1.82) is 0 Å². The maximum atomic E-state index is 2.48. The summed E-state index contributed by atoms with van der Waals surface area (Å²) in [6.45, 7) is 4.55. The SMILES string of the molecule is Cc1ccccc1-c1c2cccc3c4ccccc4c(c23)c2c3ccc4c5ccc6c7c(-c8ccccc8C)c8cccc9c%10ccccc%10c(c89)c7c7ccc(c8ccc(c12)c3c84)c5c67. The van der Waals surface area contributed by atoms with Crippen LogP contribution in [0.5, 0.6) is 0 Å². The molecule has 0 heteroatoms. The van der Waals surface area contributed by atoms with Crippen LogP contribution in [0.1, 0.15) is 11.1 Å². The van der Waals surface area contributed by atoms with Gasteiger partial charge in [-0.2, -0.15) is 0 Å². The van der Waals surface area contributed by atoms with Crippen molar-refractivity contribution in [3.63, 3.8) is 0 Å². The lowest BCUT2D eigenvalue weighted by molar-refractivity contribution is 1.48. The third-order valence-electron chi connectivity index (χ3n) is 16.4. The minimum absolute atomic E-state index is 1.30. The Bertz CT molecular complexity index is 4650. The third-order valence-corrected chi connectivity index (χ3v) is 16.4. The third kappa shape index (κ3) is 3.72. The quantitative estimate of drug-likeness (QED) is 0.120. The minimum atomic E-state index is 1.30. The van der Waals surface area contributed by atoms with Crippen LogP contribution in [0.2, 0.25) is 0 Å². The average molecular weight is 829 g/mol. The second kappa shape index (κ2) is 11.5. The number of hydrogen-bond acceptors (Lipinski definition) is 0. The van der Waals surface area contributed by atoms with Gasteiger partial charge in [0, 0.05) is 0 Å². The molecule has 0 saturated heterocycles. The van der Waals surface area contributed by atoms with Crippen molar-refractivity contribution in [3.05, 3.63) is 193 Å². The van der Waals surface area contributed by atoms with Gasteiger partial charge in [-0.05, 0) is 198 Å². The number of fused-ring (bicyclic) bond motifs is 16. The highest BCUT2D eigenvalue weighted by molar-refractivity contribution is 6.54. The molecule has 0 aliphatic carbocycles. The van der Waals surface area contributed by atoms with Crippen LogP contribution in [-0.4, -0.2) is 0 Å². The van der Waals surface area contributed by atoms with Crippen molar-refractivity contribution in [2.75, 3.05) is 0 Å². The summed E-state index contributed by atoms with van der Waals surface area (Å²) < 4.78 is 0. The standard InChI is InChI=1S/C66H36/c1-33-13-3-5-15-35(33)53-47-23-11-21-39-37-17-7-9-19-41(37)61(57(39)47)65-51-31-27-45-44-26-30-50-60-52(32-28-46(56(44)60)43-25-29-49(63(53)65)59(51)55(43)45)66-62-42-20-10-8-18-38(42)40-22-12-24-48(58(40)62)54(64(50)66)36-16-6-4-14-34(36)2/h3-32H,1-2H3. The zero-order valence-corrected chi connectivity index (χ0v) is 36.3. The van der Waals surface area contributed by atoms with E-state index in [2.05, 4.69) is 196 Å². The molecule has 0 amide bonds. The van der Waals surface area contributed by atoms with Gasteiger partial charge in [-0.1, -0.05) is 182 Å². The highest BCUT2D eigenvalue weighted by Gasteiger charge is 2.30. The summed E-state index contributed by atoms with van der Waals surface area (Å²) in [5, 5.41) is 38.1. The van der Waals surface area contributed by atoms with E-state index in [-0.39, 0.29) is 0 Å². The Hall–Kier alpha value is -8.32. The van der Waals surface area contributed by atoms with E-state index in [0.29, 0.717) is 0 Å². The van der Waals surface area contributed by atoms with E-state index in [0.717, 1.165) is 0 Å². The van der Waals surface area contributed by atoms with Crippen molar-refractivity contribution in [1.82, 2.24) is 0 Å². The Morgan fingerprint density at radius 2 is 0.409 bits per heavy atom. The Kier molecular flexibility index (Phi) is 5.94. The van der Waals surface area contributed by atoms with Gasteiger partial charge in [0.15, 0.2) is 0 Å². The molecule has 0 nitrogen and oxygen atoms in total. The van der Waals surface area contributed by atoms with E-state index >= 15 is 0 Å². The van der Waals surface area contributed by atoms with Gasteiger partial charge in [-0.3, -0.25) is 0 Å². The molecule has 17 aromatic rings. The predicted octanol–water partition coefficient (Wildman–Crippen LogP) is 19.0. The molecule has 300 valence electrons. The molecule has 0 atom stereocenters. The van der Waals surface area contributed by atoms with Crippen LogP contribution in [0, 0.1) is 13.8 Å². The molecular weight excluding hydrogens is 793 g/mol. The molecule has 0 heterocycles. The van der Waals surface area contributed by atoms with E-state index in [4.69, 9.17) is 0 Å². The van der Waals surface area contributed by atoms with Crippen molar-refractivity contribution in [3.8, 4) is 22.3 Å². The first-order valence-electron chi connectivity index (χ1n) is 23.4. The van der Waals surface area contributed by atoms with Crippen molar-refractivity contribution in [2.45, 2.75) is 13.8 Å². The molecule has 0 aliphatic heterocycles. The van der Waals surface area contributed by atoms with Crippen LogP contribution in [0.25, 0.3) is 173 Å². The molecular formula is C66H36. The van der Waals surface area contributed by atoms with Gasteiger partial charge < -0.3 is 0 Å². The first-order chi connectivity index (χ1) is 32.7. The maximum absolute atomic E-state index is 2.48. The summed E-state index contributed by atoms with van der Waals surface area (Å²) in [5.74, 6) is 0. The van der Waals surface area contributed by atoms with E-state index in [9.17, 15) is 0 Å². The van der Waals surface area contributed by atoms with E-state index in [1.54, 1.807) is 0 Å². The summed E-state index contributed by atoms with van der Waals surface area (Å²) in [6.07, 6.45) is 0. The fourth-order valence-corrected chi connectivity index (χ4v) is 14.0. The van der Waals surface area contributed by atoms with Gasteiger partial charge in [0.05, 0.1) is 0 Å². The van der Waals surface area contributed by atoms with Crippen LogP contribution < -0.4 is 0 Å². The van der Waals surface area contributed by atoms with E-state index < -0.39 is 0 Å². The summed E-state index contributed by atoms with van der Waals surface area (Å²) in [6, 6.07) is 70.0. The van der Waals surface area contributed by atoms with Gasteiger partial charge in [0.1, 0.15) is 0 Å². The van der Waals surface area contributed by atoms with Crippen LogP contribution in [0.4, 0.5) is 0 Å². The van der Waals surface area contributed by atoms with Gasteiger partial charge in [0.2, 0.25) is 0 Å². The highest BCUT2D eigenvalue weighted by atomic mass is 14.3. The summed E-state index contributed by atoms with van der Waals surface area (Å²) in [4.78, 5) is 0. The molecule has 17 rings (SSSR count). The monoisotopic (exact) mass is 828 g/mol. The Morgan fingerprint density at radius 1 is 0.167 bits per heavy atom. The largest absolute Gasteiger partial charge is 0.0620 e. The molecule has 0 aromatic heterocycles. The minimum Gasteiger partial charge on any atom is -0.0620 e. The zero-order valence-electron chi connectivity index (χ0n) is 36.3. The topological polar surface area (TPSA) is 0 Å². The average Bonchev–Trinajstić information content (AvgIpc) is 4.09. The lowest BCUT2D eigenvalue weighted by atomic mass is 9.87. The Morgan fingerprint density at radius 3 is 0.818 bits per heavy atom. The van der Waals surface area contributed by atoms with Crippen LogP contribution in [-0.2, 0) is 0 Å². The van der Waals surface area contributed by atoms with Crippen molar-refractivity contribution < 1.29 is 0 Å². The number of rotatable bonds is 2. The maximum Gasteiger partial charge on any atom is -0.000696 e. The number of benzene rings is 13. The fraction of sp³-hybridized carbons (Fsp3) is 0.0303. The molecule has 66 heavy (non-hydrogen) atoms. The Labute approximate surface area is 378 Å². The lowest BCUT2D eigenvalue weighted by Crippen LogP contribution is -1.88. The second-order valence-electron chi connectivity index (χ2n) is 19.3. The van der Waals surface area contributed by atoms with E-state index in [1.807, 2.05) is 0 Å². The van der Waals surface area contributed by atoms with Gasteiger partial charge in [0.25, 0.3) is 0 Å². The van der Waals surface area contributed by atoms with Gasteiger partial charge in [-0.15, -0.1) is 0 Å². The Balaban J connectivity index is 1.10. The number of hydrogen-bond donors (Lipinski definition) is 0. The zero-order chi connectivity index (χ0) is 42.8. The summed E-state index contributed by atoms with van der Waals surface area (Å²) >= 11 is 0. The van der Waals surface area contributed by atoms with Crippen molar-refractivity contribution in [2.24, 2.45) is 0 Å². The van der Waals surface area contributed by atoms with E-state index in [1.165, 1.54) is 184 Å². The second-order valence-corrected chi connectivity index (χ2v) is 19.3. The normalized spacial score (nSPS) is 13.0. The van der Waals surface area contributed by atoms with Gasteiger partial charge in [-0.25, -0.2) is 0 Å². The first-order valence-corrected chi connectivity index (χ1v) is 23.4. The summed E-state index contributed by atoms with van der Waals surface area (Å²) in [5.41, 5.74) is 7.95. The molecule has 0 radical (unpaired) electrons. The molecule has 0 saturated carbocycles. The predicted molar refractivity (Wildman–Crippen MR) is 288 cm³/mol. The molecule has 0 fully saturated rings. The van der Waals surface area contributed by atoms with Crippen LogP contribution in [0.15, 0.2) is 182 Å². The highest BCUT2D eigenvalue weighted by Crippen LogP contribution is 2.58. The van der Waals surface area contributed by atoms with Crippen molar-refractivity contribution >= 4 is 151 Å². The molecule has 0 aliphatic rings. The fourth-order valence-electron chi connectivity index (χ4n) is 14.0. The van der Waals surface area contributed by atoms with Gasteiger partial charge >= 0.3 is 0 Å².